The fourth-order valence-corrected chi connectivity index (χ4v) is 4.69. The van der Waals surface area contributed by atoms with Crippen LogP contribution in [-0.2, 0) is 11.8 Å². The van der Waals surface area contributed by atoms with Crippen LogP contribution in [0.5, 0.6) is 0 Å². The van der Waals surface area contributed by atoms with Gasteiger partial charge in [0.05, 0.1) is 12.3 Å². The number of hydrogen-bond acceptors (Lipinski definition) is 5. The lowest BCUT2D eigenvalue weighted by Gasteiger charge is -2.60. The Hall–Kier alpha value is -1.73. The molecule has 2 aliphatic rings. The Bertz CT molecular complexity index is 749. The number of rotatable bonds is 5. The van der Waals surface area contributed by atoms with Gasteiger partial charge in [0.2, 0.25) is 0 Å². The van der Waals surface area contributed by atoms with E-state index in [1.54, 1.807) is 10.9 Å². The molecule has 2 aliphatic carbocycles. The van der Waals surface area contributed by atoms with E-state index in [0.29, 0.717) is 11.8 Å². The SMILES string of the molecule is CCO[C@H]1C[C@@H](NC(=O)c2csc(-c3cnn(C)c3)n2)C12CCC2. The van der Waals surface area contributed by atoms with Crippen molar-refractivity contribution in [1.29, 1.82) is 0 Å². The number of nitrogens with one attached hydrogen (secondary N) is 1. The van der Waals surface area contributed by atoms with Crippen LogP contribution in [0.4, 0.5) is 0 Å². The molecule has 1 spiro atoms. The smallest absolute Gasteiger partial charge is 0.271 e. The maximum Gasteiger partial charge on any atom is 0.271 e. The summed E-state index contributed by atoms with van der Waals surface area (Å²) in [6, 6.07) is 0.221. The van der Waals surface area contributed by atoms with E-state index in [-0.39, 0.29) is 17.4 Å². The molecule has 24 heavy (non-hydrogen) atoms. The van der Waals surface area contributed by atoms with Gasteiger partial charge in [0.15, 0.2) is 0 Å². The maximum atomic E-state index is 12.6. The Labute approximate surface area is 145 Å². The predicted molar refractivity (Wildman–Crippen MR) is 91.9 cm³/mol. The lowest BCUT2D eigenvalue weighted by Crippen LogP contribution is -2.67. The molecular weight excluding hydrogens is 324 g/mol. The van der Waals surface area contributed by atoms with Crippen molar-refractivity contribution in [3.63, 3.8) is 0 Å². The van der Waals surface area contributed by atoms with Gasteiger partial charge in [0.1, 0.15) is 10.7 Å². The molecule has 2 aromatic heterocycles. The predicted octanol–water partition coefficient (Wildman–Crippen LogP) is 2.62. The van der Waals surface area contributed by atoms with E-state index < -0.39 is 0 Å². The summed E-state index contributed by atoms with van der Waals surface area (Å²) in [7, 11) is 1.87. The van der Waals surface area contributed by atoms with Crippen LogP contribution >= 0.6 is 11.3 Å². The monoisotopic (exact) mass is 346 g/mol. The summed E-state index contributed by atoms with van der Waals surface area (Å²) in [4.78, 5) is 17.0. The van der Waals surface area contributed by atoms with Gasteiger partial charge in [-0.1, -0.05) is 6.42 Å². The number of aromatic nitrogens is 3. The Balaban J connectivity index is 1.43. The minimum Gasteiger partial charge on any atom is -0.378 e. The third-order valence-corrected chi connectivity index (χ3v) is 6.32. The van der Waals surface area contributed by atoms with Gasteiger partial charge in [0, 0.05) is 42.3 Å². The molecule has 128 valence electrons. The number of nitrogens with zero attached hydrogens (tertiary/aromatic N) is 3. The van der Waals surface area contributed by atoms with Crippen molar-refractivity contribution in [3.8, 4) is 10.6 Å². The second-order valence-corrected chi connectivity index (χ2v) is 7.59. The Morgan fingerprint density at radius 2 is 2.38 bits per heavy atom. The standard InChI is InChI=1S/C17H22N4O2S/c1-3-23-14-7-13(17(14)5-4-6-17)20-15(22)12-10-24-16(19-12)11-8-18-21(2)9-11/h8-10,13-14H,3-7H2,1-2H3,(H,20,22)/t13-,14+/m1/s1. The molecule has 7 heteroatoms. The third kappa shape index (κ3) is 2.46. The largest absolute Gasteiger partial charge is 0.378 e. The summed E-state index contributed by atoms with van der Waals surface area (Å²) in [5.74, 6) is -0.0763. The van der Waals surface area contributed by atoms with E-state index >= 15 is 0 Å². The second-order valence-electron chi connectivity index (χ2n) is 6.73. The van der Waals surface area contributed by atoms with Gasteiger partial charge in [-0.25, -0.2) is 4.98 Å². The van der Waals surface area contributed by atoms with Gasteiger partial charge < -0.3 is 10.1 Å². The van der Waals surface area contributed by atoms with E-state index in [2.05, 4.69) is 15.4 Å². The summed E-state index contributed by atoms with van der Waals surface area (Å²) < 4.78 is 7.58. The highest BCUT2D eigenvalue weighted by Crippen LogP contribution is 2.57. The molecule has 0 radical (unpaired) electrons. The van der Waals surface area contributed by atoms with Crippen molar-refractivity contribution in [2.75, 3.05) is 6.61 Å². The summed E-state index contributed by atoms with van der Waals surface area (Å²) in [6.07, 6.45) is 8.44. The van der Waals surface area contributed by atoms with E-state index in [9.17, 15) is 4.79 Å². The number of thiazole rings is 1. The number of ether oxygens (including phenoxy) is 1. The summed E-state index contributed by atoms with van der Waals surface area (Å²) >= 11 is 1.48. The van der Waals surface area contributed by atoms with Crippen molar-refractivity contribution >= 4 is 17.2 Å². The van der Waals surface area contributed by atoms with Crippen molar-refractivity contribution in [2.45, 2.75) is 44.8 Å². The van der Waals surface area contributed by atoms with Crippen molar-refractivity contribution in [2.24, 2.45) is 12.5 Å². The van der Waals surface area contributed by atoms with Gasteiger partial charge >= 0.3 is 0 Å². The lowest BCUT2D eigenvalue weighted by atomic mass is 9.51. The van der Waals surface area contributed by atoms with Gasteiger partial charge in [-0.3, -0.25) is 9.48 Å². The molecule has 4 rings (SSSR count). The normalized spacial score (nSPS) is 24.4. The average molecular weight is 346 g/mol. The van der Waals surface area contributed by atoms with Crippen LogP contribution in [0.15, 0.2) is 17.8 Å². The quantitative estimate of drug-likeness (QED) is 0.903. The maximum absolute atomic E-state index is 12.6. The van der Waals surface area contributed by atoms with E-state index in [1.807, 2.05) is 25.5 Å². The fraction of sp³-hybridized carbons (Fsp3) is 0.588. The number of hydrogen-bond donors (Lipinski definition) is 1. The highest BCUT2D eigenvalue weighted by Gasteiger charge is 2.59. The zero-order valence-corrected chi connectivity index (χ0v) is 14.8. The van der Waals surface area contributed by atoms with Crippen LogP contribution in [0, 0.1) is 5.41 Å². The summed E-state index contributed by atoms with van der Waals surface area (Å²) in [5.41, 5.74) is 1.61. The molecule has 2 heterocycles. The number of amides is 1. The van der Waals surface area contributed by atoms with Crippen LogP contribution in [0.25, 0.3) is 10.6 Å². The average Bonchev–Trinajstić information content (AvgIpc) is 3.12. The molecule has 1 amide bonds. The third-order valence-electron chi connectivity index (χ3n) is 5.43. The van der Waals surface area contributed by atoms with Crippen LogP contribution in [-0.4, -0.2) is 39.4 Å². The Morgan fingerprint density at radius 1 is 1.54 bits per heavy atom. The van der Waals surface area contributed by atoms with Gasteiger partial charge in [-0.05, 0) is 26.2 Å². The number of carbonyl (C=O) groups excluding carboxylic acids is 1. The molecule has 2 atom stereocenters. The first-order valence-corrected chi connectivity index (χ1v) is 9.37. The van der Waals surface area contributed by atoms with Crippen LogP contribution in [0.2, 0.25) is 0 Å². The van der Waals surface area contributed by atoms with Crippen molar-refractivity contribution in [1.82, 2.24) is 20.1 Å². The molecule has 2 fully saturated rings. The van der Waals surface area contributed by atoms with Gasteiger partial charge in [-0.15, -0.1) is 11.3 Å². The van der Waals surface area contributed by atoms with Crippen LogP contribution < -0.4 is 5.32 Å². The molecule has 1 N–H and O–H groups in total. The lowest BCUT2D eigenvalue weighted by molar-refractivity contribution is -0.169. The molecule has 0 unspecified atom stereocenters. The van der Waals surface area contributed by atoms with Gasteiger partial charge in [-0.2, -0.15) is 5.10 Å². The molecule has 0 bridgehead atoms. The minimum absolute atomic E-state index is 0.0763. The number of aryl methyl sites for hydroxylation is 1. The molecule has 6 nitrogen and oxygen atoms in total. The van der Waals surface area contributed by atoms with E-state index in [4.69, 9.17) is 4.74 Å². The summed E-state index contributed by atoms with van der Waals surface area (Å²) in [6.45, 7) is 2.78. The van der Waals surface area contributed by atoms with Gasteiger partial charge in [0.25, 0.3) is 5.91 Å². The first kappa shape index (κ1) is 15.8. The molecular formula is C17H22N4O2S. The molecule has 0 aliphatic heterocycles. The van der Waals surface area contributed by atoms with Crippen molar-refractivity contribution in [3.05, 3.63) is 23.5 Å². The first-order chi connectivity index (χ1) is 11.6. The highest BCUT2D eigenvalue weighted by molar-refractivity contribution is 7.13. The van der Waals surface area contributed by atoms with E-state index in [0.717, 1.165) is 36.4 Å². The molecule has 0 saturated heterocycles. The fourth-order valence-electron chi connectivity index (χ4n) is 3.92. The molecule has 0 aromatic carbocycles. The number of carbonyl (C=O) groups is 1. The summed E-state index contributed by atoms with van der Waals surface area (Å²) in [5, 5.41) is 9.99. The molecule has 2 aromatic rings. The topological polar surface area (TPSA) is 69.0 Å². The van der Waals surface area contributed by atoms with Crippen LogP contribution in [0.1, 0.15) is 43.1 Å². The molecule has 2 saturated carbocycles. The Morgan fingerprint density at radius 3 is 3.00 bits per heavy atom. The Kier molecular flexibility index (Phi) is 3.92. The zero-order chi connectivity index (χ0) is 16.7. The zero-order valence-electron chi connectivity index (χ0n) is 14.0. The van der Waals surface area contributed by atoms with Crippen molar-refractivity contribution < 1.29 is 9.53 Å². The van der Waals surface area contributed by atoms with Crippen LogP contribution in [0.3, 0.4) is 0 Å². The highest BCUT2D eigenvalue weighted by atomic mass is 32.1. The first-order valence-electron chi connectivity index (χ1n) is 8.49. The minimum atomic E-state index is -0.0763. The van der Waals surface area contributed by atoms with E-state index in [1.165, 1.54) is 17.8 Å². The second kappa shape index (κ2) is 5.97.